The van der Waals surface area contributed by atoms with Gasteiger partial charge < -0.3 is 9.51 Å². The fraction of sp³-hybridized carbons (Fsp3) is 0.250. The lowest BCUT2D eigenvalue weighted by atomic mass is 9.64. The average molecular weight is 373 g/mol. The summed E-state index contributed by atoms with van der Waals surface area (Å²) >= 11 is 3.46. The van der Waals surface area contributed by atoms with Gasteiger partial charge in [-0.3, -0.25) is 0 Å². The summed E-state index contributed by atoms with van der Waals surface area (Å²) < 4.78 is 6.43. The molecule has 1 aromatic carbocycles. The summed E-state index contributed by atoms with van der Waals surface area (Å²) in [6, 6.07) is 8.26. The second kappa shape index (κ2) is 5.42. The van der Waals surface area contributed by atoms with Crippen molar-refractivity contribution in [3.05, 3.63) is 63.0 Å². The van der Waals surface area contributed by atoms with E-state index < -0.39 is 5.69 Å². The third kappa shape index (κ3) is 2.41. The Morgan fingerprint density at radius 2 is 2.00 bits per heavy atom. The van der Waals surface area contributed by atoms with Crippen LogP contribution in [0.5, 0.6) is 0 Å². The Bertz CT molecular complexity index is 876. The Morgan fingerprint density at radius 3 is 2.61 bits per heavy atom. The minimum absolute atomic E-state index is 0.182. The van der Waals surface area contributed by atoms with Crippen molar-refractivity contribution in [3.63, 3.8) is 0 Å². The molecule has 1 aliphatic rings. The van der Waals surface area contributed by atoms with Gasteiger partial charge >= 0.3 is 5.69 Å². The van der Waals surface area contributed by atoms with Crippen molar-refractivity contribution in [2.45, 2.75) is 24.7 Å². The standard InChI is InChI=1S/C16H13BrN4O2/c17-12-4-2-11(3-5-12)16(6-1-7-16)14-20-13(23-21-14)10-8-18-15(22)19-9-10/h2-5,8-9H,1,6-7H2,(H,18,19,22). The Morgan fingerprint density at radius 1 is 1.22 bits per heavy atom. The van der Waals surface area contributed by atoms with Crippen molar-refractivity contribution < 1.29 is 4.52 Å². The van der Waals surface area contributed by atoms with Crippen molar-refractivity contribution >= 4 is 15.9 Å². The maximum absolute atomic E-state index is 11.0. The summed E-state index contributed by atoms with van der Waals surface area (Å²) in [6.07, 6.45) is 6.10. The molecule has 0 atom stereocenters. The summed E-state index contributed by atoms with van der Waals surface area (Å²) in [7, 11) is 0. The summed E-state index contributed by atoms with van der Waals surface area (Å²) in [5, 5.41) is 4.19. The summed E-state index contributed by atoms with van der Waals surface area (Å²) in [6.45, 7) is 0. The van der Waals surface area contributed by atoms with Gasteiger partial charge in [0.05, 0.1) is 11.0 Å². The highest BCUT2D eigenvalue weighted by Gasteiger charge is 2.44. The quantitative estimate of drug-likeness (QED) is 0.763. The van der Waals surface area contributed by atoms with Crippen LogP contribution in [0.3, 0.4) is 0 Å². The molecule has 3 aromatic rings. The first kappa shape index (κ1) is 14.3. The first-order valence-electron chi connectivity index (χ1n) is 7.33. The molecule has 0 spiro atoms. The van der Waals surface area contributed by atoms with Crippen LogP contribution < -0.4 is 5.69 Å². The highest BCUT2D eigenvalue weighted by molar-refractivity contribution is 9.10. The molecule has 7 heteroatoms. The van der Waals surface area contributed by atoms with E-state index in [4.69, 9.17) is 4.52 Å². The van der Waals surface area contributed by atoms with Crippen molar-refractivity contribution in [1.29, 1.82) is 0 Å². The molecule has 0 radical (unpaired) electrons. The summed E-state index contributed by atoms with van der Waals surface area (Å²) in [5.74, 6) is 1.06. The molecule has 0 aliphatic heterocycles. The SMILES string of the molecule is O=c1ncc(-c2nc(C3(c4ccc(Br)cc4)CCC3)no2)c[nH]1. The molecule has 116 valence electrons. The van der Waals surface area contributed by atoms with Crippen molar-refractivity contribution in [2.24, 2.45) is 0 Å². The molecule has 2 heterocycles. The molecule has 1 fully saturated rings. The Labute approximate surface area is 140 Å². The van der Waals surface area contributed by atoms with Crippen LogP contribution in [-0.4, -0.2) is 20.1 Å². The molecule has 0 saturated heterocycles. The molecule has 1 N–H and O–H groups in total. The molecule has 0 unspecified atom stereocenters. The van der Waals surface area contributed by atoms with E-state index in [1.807, 2.05) is 12.1 Å². The lowest BCUT2D eigenvalue weighted by Crippen LogP contribution is -2.36. The molecule has 0 bridgehead atoms. The Balaban J connectivity index is 1.73. The fourth-order valence-corrected chi connectivity index (χ4v) is 3.20. The van der Waals surface area contributed by atoms with E-state index >= 15 is 0 Å². The number of nitrogens with one attached hydrogen (secondary N) is 1. The molecule has 2 aromatic heterocycles. The number of nitrogens with zero attached hydrogens (tertiary/aromatic N) is 3. The maximum atomic E-state index is 11.0. The van der Waals surface area contributed by atoms with Crippen LogP contribution in [0.25, 0.3) is 11.5 Å². The first-order chi connectivity index (χ1) is 11.2. The third-order valence-corrected chi connectivity index (χ3v) is 4.91. The van der Waals surface area contributed by atoms with Crippen LogP contribution in [0.15, 0.2) is 50.4 Å². The van der Waals surface area contributed by atoms with E-state index in [0.717, 1.165) is 23.7 Å². The second-order valence-corrected chi connectivity index (χ2v) is 6.59. The van der Waals surface area contributed by atoms with Crippen molar-refractivity contribution in [1.82, 2.24) is 20.1 Å². The van der Waals surface area contributed by atoms with Crippen molar-refractivity contribution in [2.75, 3.05) is 0 Å². The third-order valence-electron chi connectivity index (χ3n) is 4.38. The van der Waals surface area contributed by atoms with Crippen molar-refractivity contribution in [3.8, 4) is 11.5 Å². The summed E-state index contributed by atoms with van der Waals surface area (Å²) in [5.41, 5.74) is 1.21. The van der Waals surface area contributed by atoms with Gasteiger partial charge in [-0.15, -0.1) is 0 Å². The number of halogens is 1. The number of benzene rings is 1. The van der Waals surface area contributed by atoms with Gasteiger partial charge in [0, 0.05) is 16.9 Å². The molecule has 4 rings (SSSR count). The monoisotopic (exact) mass is 372 g/mol. The number of aromatic amines is 1. The van der Waals surface area contributed by atoms with E-state index in [-0.39, 0.29) is 5.41 Å². The lowest BCUT2D eigenvalue weighted by Gasteiger charge is -2.39. The fourth-order valence-electron chi connectivity index (χ4n) is 2.93. The van der Waals surface area contributed by atoms with Crippen LogP contribution in [-0.2, 0) is 5.41 Å². The van der Waals surface area contributed by atoms with Gasteiger partial charge in [0.15, 0.2) is 5.82 Å². The normalized spacial score (nSPS) is 16.0. The molecule has 23 heavy (non-hydrogen) atoms. The smallest absolute Gasteiger partial charge is 0.334 e. The topological polar surface area (TPSA) is 84.7 Å². The molecular formula is C16H13BrN4O2. The van der Waals surface area contributed by atoms with E-state index in [9.17, 15) is 4.79 Å². The zero-order chi connectivity index (χ0) is 15.9. The van der Waals surface area contributed by atoms with E-state index in [1.165, 1.54) is 18.0 Å². The van der Waals surface area contributed by atoms with E-state index in [2.05, 4.69) is 48.2 Å². The van der Waals surface area contributed by atoms with Crippen LogP contribution >= 0.6 is 15.9 Å². The molecule has 0 amide bonds. The Kier molecular flexibility index (Phi) is 3.37. The largest absolute Gasteiger partial charge is 0.344 e. The molecule has 1 saturated carbocycles. The lowest BCUT2D eigenvalue weighted by molar-refractivity contribution is 0.273. The predicted molar refractivity (Wildman–Crippen MR) is 86.9 cm³/mol. The van der Waals surface area contributed by atoms with Crippen LogP contribution in [0.1, 0.15) is 30.7 Å². The van der Waals surface area contributed by atoms with Crippen LogP contribution in [0.2, 0.25) is 0 Å². The van der Waals surface area contributed by atoms with Crippen LogP contribution in [0.4, 0.5) is 0 Å². The van der Waals surface area contributed by atoms with Crippen LogP contribution in [0, 0.1) is 0 Å². The zero-order valence-electron chi connectivity index (χ0n) is 12.1. The Hall–Kier alpha value is -2.28. The minimum Gasteiger partial charge on any atom is -0.334 e. The van der Waals surface area contributed by atoms with Gasteiger partial charge in [-0.2, -0.15) is 4.98 Å². The number of hydrogen-bond acceptors (Lipinski definition) is 5. The van der Waals surface area contributed by atoms with E-state index in [0.29, 0.717) is 17.3 Å². The van der Waals surface area contributed by atoms with Gasteiger partial charge in [0.25, 0.3) is 5.89 Å². The van der Waals surface area contributed by atoms with Gasteiger partial charge in [-0.1, -0.05) is 39.6 Å². The number of hydrogen-bond donors (Lipinski definition) is 1. The predicted octanol–water partition coefficient (Wildman–Crippen LogP) is 3.05. The molecular weight excluding hydrogens is 360 g/mol. The highest BCUT2D eigenvalue weighted by Crippen LogP contribution is 2.48. The second-order valence-electron chi connectivity index (χ2n) is 5.67. The number of rotatable bonds is 3. The molecule has 1 aliphatic carbocycles. The van der Waals surface area contributed by atoms with E-state index in [1.54, 1.807) is 0 Å². The van der Waals surface area contributed by atoms with Gasteiger partial charge in [-0.25, -0.2) is 9.78 Å². The first-order valence-corrected chi connectivity index (χ1v) is 8.12. The van der Waals surface area contributed by atoms with Gasteiger partial charge in [0.2, 0.25) is 0 Å². The average Bonchev–Trinajstić information content (AvgIpc) is 2.99. The highest BCUT2D eigenvalue weighted by atomic mass is 79.9. The summed E-state index contributed by atoms with van der Waals surface area (Å²) in [4.78, 5) is 21.8. The van der Waals surface area contributed by atoms with Gasteiger partial charge in [0.1, 0.15) is 0 Å². The zero-order valence-corrected chi connectivity index (χ0v) is 13.7. The maximum Gasteiger partial charge on any atom is 0.344 e. The number of aromatic nitrogens is 4. The minimum atomic E-state index is -0.404. The van der Waals surface area contributed by atoms with Gasteiger partial charge in [-0.05, 0) is 30.5 Å². The molecule has 6 nitrogen and oxygen atoms in total. The number of H-pyrrole nitrogens is 1.